The predicted molar refractivity (Wildman–Crippen MR) is 148 cm³/mol. The maximum Gasteiger partial charge on any atom is 0.357 e. The van der Waals surface area contributed by atoms with Gasteiger partial charge in [0.05, 0.1) is 12.1 Å². The summed E-state index contributed by atoms with van der Waals surface area (Å²) >= 11 is 9.61. The molecule has 208 valence electrons. The molecule has 3 heterocycles. The number of halogens is 1. The van der Waals surface area contributed by atoms with E-state index in [1.807, 2.05) is 0 Å². The summed E-state index contributed by atoms with van der Waals surface area (Å²) < 4.78 is 15.6. The summed E-state index contributed by atoms with van der Waals surface area (Å²) in [5.74, 6) is -2.48. The molecular formula is C21H28ClN5O7S3Si. The van der Waals surface area contributed by atoms with Gasteiger partial charge in [-0.2, -0.15) is 0 Å². The lowest BCUT2D eigenvalue weighted by Crippen LogP contribution is -2.71. The first kappa shape index (κ1) is 30.6. The number of amides is 2. The molecule has 1 unspecified atom stereocenters. The number of ether oxygens (including phenoxy) is 2. The van der Waals surface area contributed by atoms with E-state index in [0.717, 1.165) is 10.3 Å². The minimum Gasteiger partial charge on any atom is -0.434 e. The number of nitrogens with zero attached hydrogens (tertiary/aromatic N) is 4. The van der Waals surface area contributed by atoms with Gasteiger partial charge in [-0.15, -0.1) is 40.2 Å². The topological polar surface area (TPSA) is 149 Å². The van der Waals surface area contributed by atoms with E-state index in [1.54, 1.807) is 6.20 Å². The normalized spacial score (nSPS) is 19.6. The zero-order valence-corrected chi connectivity index (χ0v) is 25.4. The van der Waals surface area contributed by atoms with Crippen LogP contribution in [-0.4, -0.2) is 101 Å². The van der Waals surface area contributed by atoms with E-state index in [-0.39, 0.29) is 12.5 Å². The molecule has 0 saturated carbocycles. The smallest absolute Gasteiger partial charge is 0.357 e. The number of esters is 1. The molecule has 2 aliphatic rings. The van der Waals surface area contributed by atoms with Crippen molar-refractivity contribution in [3.63, 3.8) is 0 Å². The molecule has 1 N–H and O–H groups in total. The zero-order valence-electron chi connectivity index (χ0n) is 21.2. The van der Waals surface area contributed by atoms with Crippen molar-refractivity contribution in [2.24, 2.45) is 5.16 Å². The first-order valence-corrected chi connectivity index (χ1v) is 18.4. The summed E-state index contributed by atoms with van der Waals surface area (Å²) in [5.41, 5.74) is 0.287. The first-order chi connectivity index (χ1) is 18.1. The molecule has 2 amide bonds. The van der Waals surface area contributed by atoms with Crippen LogP contribution in [0.2, 0.25) is 25.7 Å². The number of β-lactam (4-membered cyclic amide) rings is 1. The summed E-state index contributed by atoms with van der Waals surface area (Å²) in [4.78, 5) is 56.8. The van der Waals surface area contributed by atoms with Gasteiger partial charge in [-0.05, 0) is 23.1 Å². The molecule has 12 nitrogen and oxygen atoms in total. The molecule has 38 heavy (non-hydrogen) atoms. The number of oxime groups is 1. The van der Waals surface area contributed by atoms with Crippen molar-refractivity contribution in [3.8, 4) is 0 Å². The summed E-state index contributed by atoms with van der Waals surface area (Å²) in [6.07, 6.45) is 1.63. The second-order valence-electron chi connectivity index (χ2n) is 9.29. The molecule has 0 aliphatic carbocycles. The Hall–Kier alpha value is -1.98. The molecule has 0 radical (unpaired) electrons. The maximum atomic E-state index is 13.2. The molecule has 1 aromatic rings. The Labute approximate surface area is 238 Å². The lowest BCUT2D eigenvalue weighted by molar-refractivity contribution is -0.159. The number of nitrogens with one attached hydrogen (secondary N) is 1. The van der Waals surface area contributed by atoms with Crippen LogP contribution in [0.1, 0.15) is 0 Å². The van der Waals surface area contributed by atoms with E-state index in [1.165, 1.54) is 47.1 Å². The van der Waals surface area contributed by atoms with Gasteiger partial charge < -0.3 is 19.6 Å². The van der Waals surface area contributed by atoms with E-state index < -0.39 is 54.6 Å². The van der Waals surface area contributed by atoms with Crippen LogP contribution in [0.25, 0.3) is 0 Å². The van der Waals surface area contributed by atoms with Crippen molar-refractivity contribution in [2.45, 2.75) is 41.3 Å². The molecular weight excluding hydrogens is 594 g/mol. The number of aromatic nitrogens is 2. The van der Waals surface area contributed by atoms with E-state index in [0.29, 0.717) is 23.7 Å². The Balaban J connectivity index is 1.73. The number of rotatable bonds is 14. The third-order valence-electron chi connectivity index (χ3n) is 5.31. The van der Waals surface area contributed by atoms with E-state index in [2.05, 4.69) is 44.5 Å². The van der Waals surface area contributed by atoms with Crippen molar-refractivity contribution in [1.82, 2.24) is 19.8 Å². The molecule has 1 aromatic heterocycles. The highest BCUT2D eigenvalue weighted by Crippen LogP contribution is 2.42. The third-order valence-corrected chi connectivity index (χ3v) is 10.5. The standard InChI is InChI=1S/C21H28ClN5O7S3Si/c1-32-25-15(13(28)7-22)18(29)24-16-19(30)27-17(21(31)34-11-33-5-6-38(2,3)4)12(10-36-20(16)27)9-35-14-8-23-26-37-14/h8,16,20H,5-7,9-11H2,1-4H3,(H,24,29)/b25-15-/t16?,20-/m1/s1. The fourth-order valence-corrected chi connectivity index (χ4v) is 7.14. The Morgan fingerprint density at radius 2 is 2.11 bits per heavy atom. The van der Waals surface area contributed by atoms with Gasteiger partial charge in [-0.1, -0.05) is 29.3 Å². The molecule has 0 spiro atoms. The van der Waals surface area contributed by atoms with Gasteiger partial charge in [0.2, 0.25) is 11.5 Å². The maximum absolute atomic E-state index is 13.2. The SMILES string of the molecule is CO/N=C(/C(=O)CCl)C(=O)NC1C(=O)N2C(C(=O)OCOCC[Si](C)(C)C)=C(CSc3cnns3)CS[C@H]12. The van der Waals surface area contributed by atoms with E-state index in [4.69, 9.17) is 21.1 Å². The Bertz CT molecular complexity index is 1110. The second kappa shape index (κ2) is 13.9. The second-order valence-corrected chi connectivity index (χ2v) is 18.3. The van der Waals surface area contributed by atoms with Crippen LogP contribution >= 0.6 is 46.7 Å². The van der Waals surface area contributed by atoms with Crippen LogP contribution in [0, 0.1) is 0 Å². The average Bonchev–Trinajstić information content (AvgIpc) is 3.40. The number of carbonyl (C=O) groups is 4. The van der Waals surface area contributed by atoms with Crippen LogP contribution in [0.15, 0.2) is 26.8 Å². The Morgan fingerprint density at radius 3 is 2.74 bits per heavy atom. The minimum atomic E-state index is -1.30. The van der Waals surface area contributed by atoms with Gasteiger partial charge >= 0.3 is 5.97 Å². The van der Waals surface area contributed by atoms with Crippen molar-refractivity contribution in [2.75, 3.05) is 37.9 Å². The molecule has 1 saturated heterocycles. The largest absolute Gasteiger partial charge is 0.434 e. The number of ketones is 1. The fourth-order valence-electron chi connectivity index (χ4n) is 3.35. The predicted octanol–water partition coefficient (Wildman–Crippen LogP) is 1.95. The van der Waals surface area contributed by atoms with Crippen LogP contribution in [0.3, 0.4) is 0 Å². The summed E-state index contributed by atoms with van der Waals surface area (Å²) in [5, 5.41) is 9.19. The number of Topliss-reactive ketones (excluding diaryl/α,β-unsaturated/α-hetero) is 1. The number of hydrogen-bond acceptors (Lipinski definition) is 13. The van der Waals surface area contributed by atoms with Gasteiger partial charge in [0.15, 0.2) is 6.79 Å². The minimum absolute atomic E-state index is 0.130. The van der Waals surface area contributed by atoms with Gasteiger partial charge in [-0.3, -0.25) is 19.3 Å². The highest BCUT2D eigenvalue weighted by molar-refractivity contribution is 8.01. The van der Waals surface area contributed by atoms with Crippen LogP contribution < -0.4 is 5.32 Å². The van der Waals surface area contributed by atoms with Crippen molar-refractivity contribution >= 4 is 84.0 Å². The quantitative estimate of drug-likeness (QED) is 0.0310. The van der Waals surface area contributed by atoms with Crippen LogP contribution in [0.5, 0.6) is 0 Å². The summed E-state index contributed by atoms with van der Waals surface area (Å²) in [6, 6.07) is -0.0584. The van der Waals surface area contributed by atoms with Crippen molar-refractivity contribution in [3.05, 3.63) is 17.5 Å². The number of thioether (sulfide) groups is 2. The number of fused-ring (bicyclic) bond motifs is 1. The summed E-state index contributed by atoms with van der Waals surface area (Å²) in [6.45, 7) is 6.90. The number of carbonyl (C=O) groups excluding carboxylic acids is 4. The lowest BCUT2D eigenvalue weighted by atomic mass is 10.0. The molecule has 2 aliphatic heterocycles. The van der Waals surface area contributed by atoms with Gasteiger partial charge in [0, 0.05) is 26.2 Å². The van der Waals surface area contributed by atoms with Crippen LogP contribution in [0.4, 0.5) is 0 Å². The third kappa shape index (κ3) is 7.78. The molecule has 0 bridgehead atoms. The molecule has 3 rings (SSSR count). The fraction of sp³-hybridized carbons (Fsp3) is 0.571. The highest BCUT2D eigenvalue weighted by atomic mass is 35.5. The Morgan fingerprint density at radius 1 is 1.34 bits per heavy atom. The number of alkyl halides is 1. The van der Waals surface area contributed by atoms with Gasteiger partial charge in [-0.25, -0.2) is 4.79 Å². The molecule has 0 aromatic carbocycles. The molecule has 17 heteroatoms. The van der Waals surface area contributed by atoms with Gasteiger partial charge in [0.1, 0.15) is 28.4 Å². The summed E-state index contributed by atoms with van der Waals surface area (Å²) in [7, 11) is -0.119. The van der Waals surface area contributed by atoms with E-state index in [9.17, 15) is 19.2 Å². The lowest BCUT2D eigenvalue weighted by Gasteiger charge is -2.49. The molecule has 2 atom stereocenters. The highest BCUT2D eigenvalue weighted by Gasteiger charge is 2.54. The average molecular weight is 622 g/mol. The van der Waals surface area contributed by atoms with Crippen molar-refractivity contribution < 1.29 is 33.5 Å². The zero-order chi connectivity index (χ0) is 27.9. The van der Waals surface area contributed by atoms with Crippen molar-refractivity contribution in [1.29, 1.82) is 0 Å². The van der Waals surface area contributed by atoms with Crippen LogP contribution in [-0.2, 0) is 33.5 Å². The Kier molecular flexibility index (Phi) is 11.2. The molecule has 1 fully saturated rings. The first-order valence-electron chi connectivity index (χ1n) is 11.4. The monoisotopic (exact) mass is 621 g/mol. The van der Waals surface area contributed by atoms with Gasteiger partial charge in [0.25, 0.3) is 11.8 Å². The van der Waals surface area contributed by atoms with E-state index >= 15 is 0 Å². The number of hydrogen-bond donors (Lipinski definition) is 1.